The number of carbonyl (C=O) groups excluding carboxylic acids is 2. The van der Waals surface area contributed by atoms with Crippen molar-refractivity contribution in [2.75, 3.05) is 6.61 Å². The molecule has 0 aliphatic carbocycles. The summed E-state index contributed by atoms with van der Waals surface area (Å²) < 4.78 is 19.4. The third kappa shape index (κ3) is 3.86. The lowest BCUT2D eigenvalue weighted by Gasteiger charge is -2.23. The highest BCUT2D eigenvalue weighted by molar-refractivity contribution is 7.99. The second-order valence-electron chi connectivity index (χ2n) is 6.67. The molecular formula is C19H17ClFNO3S. The van der Waals surface area contributed by atoms with Crippen molar-refractivity contribution in [3.05, 3.63) is 58.9 Å². The van der Waals surface area contributed by atoms with Crippen LogP contribution in [0.4, 0.5) is 4.39 Å². The molecule has 7 heteroatoms. The molecule has 1 fully saturated rings. The predicted molar refractivity (Wildman–Crippen MR) is 98.0 cm³/mol. The molecule has 0 radical (unpaired) electrons. The van der Waals surface area contributed by atoms with Crippen LogP contribution in [0.2, 0.25) is 5.02 Å². The fourth-order valence-electron chi connectivity index (χ4n) is 2.64. The van der Waals surface area contributed by atoms with Crippen LogP contribution in [-0.2, 0) is 9.53 Å². The molecule has 1 amide bonds. The number of carbonyl (C=O) groups is 2. The molecule has 1 atom stereocenters. The molecule has 2 aromatic carbocycles. The average Bonchev–Trinajstić information content (AvgIpc) is 2.84. The van der Waals surface area contributed by atoms with Gasteiger partial charge in [-0.3, -0.25) is 4.79 Å². The lowest BCUT2D eigenvalue weighted by molar-refractivity contribution is -0.139. The quantitative estimate of drug-likeness (QED) is 0.786. The Kier molecular flexibility index (Phi) is 5.25. The van der Waals surface area contributed by atoms with E-state index in [4.69, 9.17) is 16.3 Å². The number of halogens is 2. The van der Waals surface area contributed by atoms with Gasteiger partial charge in [-0.15, -0.1) is 0 Å². The highest BCUT2D eigenvalue weighted by atomic mass is 35.5. The zero-order chi connectivity index (χ0) is 18.9. The van der Waals surface area contributed by atoms with E-state index in [9.17, 15) is 14.0 Å². The van der Waals surface area contributed by atoms with Crippen LogP contribution in [0.15, 0.2) is 52.3 Å². The van der Waals surface area contributed by atoms with Crippen molar-refractivity contribution in [3.63, 3.8) is 0 Å². The van der Waals surface area contributed by atoms with E-state index in [1.54, 1.807) is 30.3 Å². The first-order chi connectivity index (χ1) is 12.3. The molecule has 1 heterocycles. The van der Waals surface area contributed by atoms with Crippen molar-refractivity contribution < 1.29 is 18.7 Å². The minimum atomic E-state index is -0.817. The molecule has 3 rings (SSSR count). The van der Waals surface area contributed by atoms with Gasteiger partial charge in [-0.1, -0.05) is 43.3 Å². The summed E-state index contributed by atoms with van der Waals surface area (Å²) in [6.07, 6.45) is 0. The van der Waals surface area contributed by atoms with E-state index in [1.807, 2.05) is 13.8 Å². The van der Waals surface area contributed by atoms with Crippen LogP contribution < -0.4 is 5.32 Å². The van der Waals surface area contributed by atoms with Crippen LogP contribution in [-0.4, -0.2) is 24.5 Å². The van der Waals surface area contributed by atoms with E-state index in [-0.39, 0.29) is 12.2 Å². The molecule has 1 N–H and O–H groups in total. The summed E-state index contributed by atoms with van der Waals surface area (Å²) in [5.74, 6) is -1.80. The summed E-state index contributed by atoms with van der Waals surface area (Å²) in [6, 6.07) is 10.6. The number of hydrogen-bond acceptors (Lipinski definition) is 4. The maximum absolute atomic E-state index is 14.4. The van der Waals surface area contributed by atoms with E-state index >= 15 is 0 Å². The topological polar surface area (TPSA) is 55.4 Å². The fraction of sp³-hybridized carbons (Fsp3) is 0.263. The molecule has 26 heavy (non-hydrogen) atoms. The normalized spacial score (nSPS) is 18.5. The molecule has 1 unspecified atom stereocenters. The second kappa shape index (κ2) is 7.29. The van der Waals surface area contributed by atoms with Gasteiger partial charge in [0, 0.05) is 20.2 Å². The Morgan fingerprint density at radius 3 is 2.58 bits per heavy atom. The molecule has 0 spiro atoms. The molecule has 0 aromatic heterocycles. The number of rotatable bonds is 4. The van der Waals surface area contributed by atoms with Crippen LogP contribution in [0.3, 0.4) is 0 Å². The predicted octanol–water partition coefficient (Wildman–Crippen LogP) is 4.31. The van der Waals surface area contributed by atoms with Gasteiger partial charge in [0.1, 0.15) is 11.9 Å². The highest BCUT2D eigenvalue weighted by Crippen LogP contribution is 2.33. The zero-order valence-electron chi connectivity index (χ0n) is 14.2. The third-order valence-electron chi connectivity index (χ3n) is 4.12. The smallest absolute Gasteiger partial charge is 0.329 e. The summed E-state index contributed by atoms with van der Waals surface area (Å²) in [4.78, 5) is 25.9. The Labute approximate surface area is 160 Å². The van der Waals surface area contributed by atoms with Crippen LogP contribution >= 0.6 is 23.4 Å². The Morgan fingerprint density at radius 2 is 1.96 bits per heavy atom. The summed E-state index contributed by atoms with van der Waals surface area (Å²) in [7, 11) is 0. The SMILES string of the molecule is CC1(C)COC(=O)C1NC(=O)c1c(F)cccc1Sc1ccc(Cl)cc1. The number of esters is 1. The minimum absolute atomic E-state index is 0.0945. The number of nitrogens with one attached hydrogen (secondary N) is 1. The largest absolute Gasteiger partial charge is 0.463 e. The summed E-state index contributed by atoms with van der Waals surface area (Å²) in [6.45, 7) is 3.83. The summed E-state index contributed by atoms with van der Waals surface area (Å²) in [5, 5.41) is 3.21. The molecule has 1 saturated heterocycles. The Hall–Kier alpha value is -2.05. The van der Waals surface area contributed by atoms with Crippen LogP contribution in [0.5, 0.6) is 0 Å². The van der Waals surface area contributed by atoms with Crippen molar-refractivity contribution in [2.45, 2.75) is 29.7 Å². The standard InChI is InChI=1S/C19H17ClFNO3S/c1-19(2)10-25-18(24)16(19)22-17(23)15-13(21)4-3-5-14(15)26-12-8-6-11(20)7-9-12/h3-9,16H,10H2,1-2H3,(H,22,23). The van der Waals surface area contributed by atoms with Gasteiger partial charge in [-0.25, -0.2) is 9.18 Å². The van der Waals surface area contributed by atoms with Crippen LogP contribution in [0.1, 0.15) is 24.2 Å². The van der Waals surface area contributed by atoms with Gasteiger partial charge in [-0.05, 0) is 36.4 Å². The maximum atomic E-state index is 14.4. The molecule has 136 valence electrons. The number of amides is 1. The third-order valence-corrected chi connectivity index (χ3v) is 5.44. The van der Waals surface area contributed by atoms with Crippen LogP contribution in [0.25, 0.3) is 0 Å². The van der Waals surface area contributed by atoms with Crippen molar-refractivity contribution in [3.8, 4) is 0 Å². The Morgan fingerprint density at radius 1 is 1.27 bits per heavy atom. The lowest BCUT2D eigenvalue weighted by atomic mass is 9.87. The van der Waals surface area contributed by atoms with Gasteiger partial charge in [0.05, 0.1) is 12.2 Å². The van der Waals surface area contributed by atoms with Crippen molar-refractivity contribution in [1.82, 2.24) is 5.32 Å². The Bertz CT molecular complexity index is 854. The van der Waals surface area contributed by atoms with Crippen molar-refractivity contribution in [1.29, 1.82) is 0 Å². The summed E-state index contributed by atoms with van der Waals surface area (Å²) in [5.41, 5.74) is -0.649. The first-order valence-electron chi connectivity index (χ1n) is 7.97. The maximum Gasteiger partial charge on any atom is 0.329 e. The highest BCUT2D eigenvalue weighted by Gasteiger charge is 2.44. The van der Waals surface area contributed by atoms with Gasteiger partial charge < -0.3 is 10.1 Å². The van der Waals surface area contributed by atoms with Crippen molar-refractivity contribution in [2.24, 2.45) is 5.41 Å². The summed E-state index contributed by atoms with van der Waals surface area (Å²) >= 11 is 7.13. The van der Waals surface area contributed by atoms with E-state index < -0.39 is 29.2 Å². The average molecular weight is 394 g/mol. The zero-order valence-corrected chi connectivity index (χ0v) is 15.8. The van der Waals surface area contributed by atoms with Crippen molar-refractivity contribution >= 4 is 35.2 Å². The molecule has 4 nitrogen and oxygen atoms in total. The van der Waals surface area contributed by atoms with Gasteiger partial charge >= 0.3 is 5.97 Å². The van der Waals surface area contributed by atoms with Gasteiger partial charge in [0.25, 0.3) is 5.91 Å². The van der Waals surface area contributed by atoms with Gasteiger partial charge in [0.15, 0.2) is 0 Å². The van der Waals surface area contributed by atoms with Gasteiger partial charge in [0.2, 0.25) is 0 Å². The molecular weight excluding hydrogens is 377 g/mol. The van der Waals surface area contributed by atoms with E-state index in [0.29, 0.717) is 9.92 Å². The number of ether oxygens (including phenoxy) is 1. The second-order valence-corrected chi connectivity index (χ2v) is 8.22. The molecule has 0 bridgehead atoms. The van der Waals surface area contributed by atoms with Crippen LogP contribution in [0, 0.1) is 11.2 Å². The van der Waals surface area contributed by atoms with Gasteiger partial charge in [-0.2, -0.15) is 0 Å². The Balaban J connectivity index is 1.88. The number of benzene rings is 2. The fourth-order valence-corrected chi connectivity index (χ4v) is 3.73. The lowest BCUT2D eigenvalue weighted by Crippen LogP contribution is -2.46. The minimum Gasteiger partial charge on any atom is -0.463 e. The molecule has 0 saturated carbocycles. The number of cyclic esters (lactones) is 1. The molecule has 1 aliphatic heterocycles. The van der Waals surface area contributed by atoms with E-state index in [1.165, 1.54) is 23.9 Å². The monoisotopic (exact) mass is 393 g/mol. The number of hydrogen-bond donors (Lipinski definition) is 1. The van der Waals surface area contributed by atoms with E-state index in [0.717, 1.165) is 4.90 Å². The molecule has 1 aliphatic rings. The first kappa shape index (κ1) is 18.7. The first-order valence-corrected chi connectivity index (χ1v) is 9.17. The molecule has 2 aromatic rings. The van der Waals surface area contributed by atoms with E-state index in [2.05, 4.69) is 5.32 Å².